The smallest absolute Gasteiger partial charge is 0.254 e. The summed E-state index contributed by atoms with van der Waals surface area (Å²) in [5.41, 5.74) is 3.11. The van der Waals surface area contributed by atoms with E-state index in [4.69, 9.17) is 28.5 Å². The molecule has 2 N–H and O–H groups in total. The molecule has 304 valence electrons. The number of ether oxygens (including phenoxy) is 5. The first-order valence-electron chi connectivity index (χ1n) is 20.3. The second kappa shape index (κ2) is 17.2. The van der Waals surface area contributed by atoms with Crippen LogP contribution in [0.25, 0.3) is 10.8 Å². The van der Waals surface area contributed by atoms with Gasteiger partial charge in [0.05, 0.1) is 18.2 Å². The first-order chi connectivity index (χ1) is 28.4. The maximum atomic E-state index is 14.6. The minimum atomic E-state index is -1.36. The van der Waals surface area contributed by atoms with Crippen LogP contribution >= 0.6 is 0 Å². The summed E-state index contributed by atoms with van der Waals surface area (Å²) in [5, 5.41) is 26.6. The number of aliphatic hydroxyl groups excluding tert-OH is 2. The third-order valence-corrected chi connectivity index (χ3v) is 12.2. The Labute approximate surface area is 339 Å². The Balaban J connectivity index is 1.28. The molecule has 0 radical (unpaired) electrons. The zero-order valence-electron chi connectivity index (χ0n) is 33.2. The normalized spacial score (nSPS) is 24.7. The van der Waals surface area contributed by atoms with E-state index in [9.17, 15) is 15.0 Å². The van der Waals surface area contributed by atoms with Gasteiger partial charge in [-0.15, -0.1) is 6.58 Å². The molecule has 4 aromatic carbocycles. The number of nitrogens with zero attached hydrogens (tertiary/aromatic N) is 2. The fraction of sp³-hybridized carbons (Fsp3) is 0.404. The average Bonchev–Trinajstić information content (AvgIpc) is 3.72. The van der Waals surface area contributed by atoms with E-state index in [-0.39, 0.29) is 50.3 Å². The van der Waals surface area contributed by atoms with Crippen molar-refractivity contribution in [3.63, 3.8) is 0 Å². The Morgan fingerprint density at radius 2 is 1.66 bits per heavy atom. The van der Waals surface area contributed by atoms with Gasteiger partial charge < -0.3 is 43.6 Å². The second-order valence-corrected chi connectivity index (χ2v) is 15.6. The summed E-state index contributed by atoms with van der Waals surface area (Å²) in [6, 6.07) is 24.8. The summed E-state index contributed by atoms with van der Waals surface area (Å²) >= 11 is 0. The van der Waals surface area contributed by atoms with Crippen molar-refractivity contribution in [2.75, 3.05) is 40.8 Å². The molecule has 0 bridgehead atoms. The molecule has 0 spiro atoms. The quantitative estimate of drug-likeness (QED) is 0.0654. The average molecular weight is 789 g/mol. The number of hydrogen-bond acceptors (Lipinski definition) is 10. The van der Waals surface area contributed by atoms with Crippen molar-refractivity contribution in [3.05, 3.63) is 114 Å². The van der Waals surface area contributed by atoms with Crippen LogP contribution in [0.2, 0.25) is 0 Å². The van der Waals surface area contributed by atoms with Gasteiger partial charge in [0.2, 0.25) is 12.6 Å². The molecule has 1 amide bonds. The summed E-state index contributed by atoms with van der Waals surface area (Å²) in [6.07, 6.45) is 9.04. The SMILES string of the molecule is C=CCOC12Oc3ccc(Oc4ccc5ccccc5c4)cc3C3C(CCCCO)C(CCCCO)C=C(C(=NOC)CC1N(C)C(=O)c1ccc4c(c1)OCO4)C32. The molecule has 1 fully saturated rings. The van der Waals surface area contributed by atoms with Crippen molar-refractivity contribution < 1.29 is 43.5 Å². The van der Waals surface area contributed by atoms with Crippen LogP contribution in [0.3, 0.4) is 0 Å². The maximum absolute atomic E-state index is 14.6. The molecule has 2 heterocycles. The lowest BCUT2D eigenvalue weighted by molar-refractivity contribution is -0.252. The third kappa shape index (κ3) is 7.42. The van der Waals surface area contributed by atoms with E-state index in [1.165, 1.54) is 0 Å². The molecule has 4 aliphatic rings. The number of carbonyl (C=O) groups excluding carboxylic acids is 1. The molecule has 11 nitrogen and oxygen atoms in total. The largest absolute Gasteiger partial charge is 0.459 e. The zero-order valence-corrected chi connectivity index (χ0v) is 33.2. The van der Waals surface area contributed by atoms with Gasteiger partial charge in [-0.3, -0.25) is 4.79 Å². The fourth-order valence-electron chi connectivity index (χ4n) is 9.64. The number of amides is 1. The van der Waals surface area contributed by atoms with Gasteiger partial charge in [0.1, 0.15) is 30.4 Å². The number of benzene rings is 4. The standard InChI is InChI=1S/C47H52N2O9/c1-4-23-56-47-43(49(2)46(52)33-16-19-41-42(26-33)55-29-54-41)28-39(48-53-3)37-25-32(13-7-9-21-50)36(14-8-10-22-51)44(45(37)47)38-27-35(18-20-40(38)58-47)57-34-17-15-30-11-5-6-12-31(30)24-34/h4-6,11-12,15-20,24-27,32,36,43-45,50-51H,1,7-10,13-14,21-23,28-29H2,2-3H3. The highest BCUT2D eigenvalue weighted by Crippen LogP contribution is 2.62. The Morgan fingerprint density at radius 1 is 0.914 bits per heavy atom. The van der Waals surface area contributed by atoms with Gasteiger partial charge in [-0.2, -0.15) is 0 Å². The number of fused-ring (bicyclic) bond motifs is 4. The number of aliphatic hydroxyl groups is 2. The first-order valence-corrected chi connectivity index (χ1v) is 20.3. The number of unbranched alkanes of at least 4 members (excludes halogenated alkanes) is 2. The van der Waals surface area contributed by atoms with Crippen molar-refractivity contribution in [3.8, 4) is 28.7 Å². The number of oxime groups is 1. The van der Waals surface area contributed by atoms with E-state index in [2.05, 4.69) is 42.1 Å². The zero-order chi connectivity index (χ0) is 40.2. The lowest BCUT2D eigenvalue weighted by atomic mass is 9.55. The molecule has 2 aliphatic carbocycles. The number of carbonyl (C=O) groups is 1. The Kier molecular flexibility index (Phi) is 11.7. The summed E-state index contributed by atoms with van der Waals surface area (Å²) < 4.78 is 32.0. The van der Waals surface area contributed by atoms with Crippen molar-refractivity contribution in [2.45, 2.75) is 62.7 Å². The van der Waals surface area contributed by atoms with Crippen molar-refractivity contribution in [1.29, 1.82) is 0 Å². The molecule has 58 heavy (non-hydrogen) atoms. The minimum absolute atomic E-state index is 0.0849. The minimum Gasteiger partial charge on any atom is -0.459 e. The topological polar surface area (TPSA) is 129 Å². The molecule has 8 rings (SSSR count). The van der Waals surface area contributed by atoms with Gasteiger partial charge in [-0.25, -0.2) is 0 Å². The molecular weight excluding hydrogens is 737 g/mol. The monoisotopic (exact) mass is 788 g/mol. The van der Waals surface area contributed by atoms with Crippen LogP contribution in [0.15, 0.2) is 108 Å². The molecule has 0 aromatic heterocycles. The molecule has 11 heteroatoms. The van der Waals surface area contributed by atoms with E-state index in [1.807, 2.05) is 36.4 Å². The molecule has 6 unspecified atom stereocenters. The first kappa shape index (κ1) is 39.5. The highest BCUT2D eigenvalue weighted by Gasteiger charge is 2.65. The maximum Gasteiger partial charge on any atom is 0.254 e. The summed E-state index contributed by atoms with van der Waals surface area (Å²) in [5.74, 6) is 1.15. The van der Waals surface area contributed by atoms with Gasteiger partial charge in [0.15, 0.2) is 11.5 Å². The van der Waals surface area contributed by atoms with Gasteiger partial charge in [-0.05, 0) is 102 Å². The predicted octanol–water partition coefficient (Wildman–Crippen LogP) is 8.40. The Bertz CT molecular complexity index is 2200. The van der Waals surface area contributed by atoms with E-state index < -0.39 is 17.7 Å². The number of allylic oxidation sites excluding steroid dienone is 1. The number of hydrogen-bond donors (Lipinski definition) is 2. The molecule has 0 saturated heterocycles. The van der Waals surface area contributed by atoms with Crippen LogP contribution < -0.4 is 18.9 Å². The molecule has 1 saturated carbocycles. The third-order valence-electron chi connectivity index (χ3n) is 12.2. The van der Waals surface area contributed by atoms with Gasteiger partial charge in [0, 0.05) is 43.7 Å². The van der Waals surface area contributed by atoms with Crippen LogP contribution in [0.1, 0.15) is 66.8 Å². The Morgan fingerprint density at radius 3 is 2.45 bits per heavy atom. The predicted molar refractivity (Wildman–Crippen MR) is 221 cm³/mol. The van der Waals surface area contributed by atoms with Crippen LogP contribution in [0, 0.1) is 17.8 Å². The number of rotatable bonds is 16. The van der Waals surface area contributed by atoms with Crippen molar-refractivity contribution in [2.24, 2.45) is 22.9 Å². The fourth-order valence-corrected chi connectivity index (χ4v) is 9.64. The summed E-state index contributed by atoms with van der Waals surface area (Å²) in [4.78, 5) is 21.8. The van der Waals surface area contributed by atoms with Crippen LogP contribution in [0.5, 0.6) is 28.7 Å². The lowest BCUT2D eigenvalue weighted by Crippen LogP contribution is -2.69. The highest BCUT2D eigenvalue weighted by molar-refractivity contribution is 6.03. The van der Waals surface area contributed by atoms with Gasteiger partial charge in [-0.1, -0.05) is 60.5 Å². The van der Waals surface area contributed by atoms with E-state index in [0.717, 1.165) is 59.1 Å². The van der Waals surface area contributed by atoms with E-state index in [1.54, 1.807) is 43.3 Å². The molecular formula is C47H52N2O9. The highest BCUT2D eigenvalue weighted by atomic mass is 16.7. The van der Waals surface area contributed by atoms with Crippen LogP contribution in [-0.4, -0.2) is 79.3 Å². The summed E-state index contributed by atoms with van der Waals surface area (Å²) in [6.45, 7) is 4.50. The molecule has 6 atom stereocenters. The van der Waals surface area contributed by atoms with Crippen LogP contribution in [0.4, 0.5) is 0 Å². The number of likely N-dealkylation sites (N-methyl/N-ethyl adjacent to an activating group) is 1. The second-order valence-electron chi connectivity index (χ2n) is 15.6. The van der Waals surface area contributed by atoms with Crippen LogP contribution in [-0.2, 0) is 9.57 Å². The van der Waals surface area contributed by atoms with Gasteiger partial charge >= 0.3 is 0 Å². The van der Waals surface area contributed by atoms with E-state index >= 15 is 0 Å². The molecule has 2 aliphatic heterocycles. The van der Waals surface area contributed by atoms with Crippen molar-refractivity contribution >= 4 is 22.4 Å². The molecule has 4 aromatic rings. The lowest BCUT2D eigenvalue weighted by Gasteiger charge is -2.59. The van der Waals surface area contributed by atoms with Crippen molar-refractivity contribution in [1.82, 2.24) is 4.90 Å². The van der Waals surface area contributed by atoms with Gasteiger partial charge in [0.25, 0.3) is 5.91 Å². The Hall–Kier alpha value is -5.36. The van der Waals surface area contributed by atoms with E-state index in [0.29, 0.717) is 47.8 Å². The summed E-state index contributed by atoms with van der Waals surface area (Å²) in [7, 11) is 3.32.